The van der Waals surface area contributed by atoms with Gasteiger partial charge in [0.05, 0.1) is 11.6 Å². The van der Waals surface area contributed by atoms with Crippen molar-refractivity contribution in [1.82, 2.24) is 5.32 Å². The molecule has 0 atom stereocenters. The number of piperidine rings is 1. The van der Waals surface area contributed by atoms with Gasteiger partial charge in [-0.2, -0.15) is 5.26 Å². The second-order valence-electron chi connectivity index (χ2n) is 4.02. The Hall–Kier alpha value is -1.44. The third-order valence-electron chi connectivity index (χ3n) is 2.80. The number of nitrogens with zero attached hydrogens (tertiary/aromatic N) is 1. The molecule has 0 aliphatic carbocycles. The molecule has 1 aliphatic heterocycles. The number of halogens is 3. The standard InChI is InChI=1S/C13H12F2N2.ClH/c14-12-6-10(8-16)7-13(15)11(12)5-9-1-3-17-4-2-9;/h5-7,17H,1-4H2;1H. The Balaban J connectivity index is 0.00000162. The Bertz CT molecular complexity index is 475. The highest BCUT2D eigenvalue weighted by molar-refractivity contribution is 5.85. The molecule has 2 rings (SSSR count). The lowest BCUT2D eigenvalue weighted by molar-refractivity contribution is 0.575. The molecule has 1 saturated heterocycles. The molecule has 18 heavy (non-hydrogen) atoms. The summed E-state index contributed by atoms with van der Waals surface area (Å²) in [4.78, 5) is 0. The molecular formula is C13H13ClF2N2. The van der Waals surface area contributed by atoms with E-state index in [2.05, 4.69) is 5.32 Å². The smallest absolute Gasteiger partial charge is 0.134 e. The van der Waals surface area contributed by atoms with E-state index < -0.39 is 11.6 Å². The molecule has 0 amide bonds. The summed E-state index contributed by atoms with van der Waals surface area (Å²) in [6, 6.07) is 3.86. The van der Waals surface area contributed by atoms with Gasteiger partial charge < -0.3 is 5.32 Å². The third kappa shape index (κ3) is 3.28. The Morgan fingerprint density at radius 1 is 1.17 bits per heavy atom. The summed E-state index contributed by atoms with van der Waals surface area (Å²) in [6.07, 6.45) is 3.17. The second kappa shape index (κ2) is 6.48. The van der Waals surface area contributed by atoms with Crippen LogP contribution in [0.25, 0.3) is 6.08 Å². The molecule has 96 valence electrons. The largest absolute Gasteiger partial charge is 0.316 e. The van der Waals surface area contributed by atoms with Crippen LogP contribution in [-0.2, 0) is 0 Å². The summed E-state index contributed by atoms with van der Waals surface area (Å²) in [5, 5.41) is 11.8. The van der Waals surface area contributed by atoms with Crippen LogP contribution in [0, 0.1) is 23.0 Å². The maximum atomic E-state index is 13.6. The lowest BCUT2D eigenvalue weighted by Gasteiger charge is -2.15. The van der Waals surface area contributed by atoms with Gasteiger partial charge in [0.25, 0.3) is 0 Å². The van der Waals surface area contributed by atoms with Crippen LogP contribution >= 0.6 is 12.4 Å². The fraction of sp³-hybridized carbons (Fsp3) is 0.308. The minimum absolute atomic E-state index is 0. The van der Waals surface area contributed by atoms with E-state index in [1.807, 2.05) is 0 Å². The van der Waals surface area contributed by atoms with Gasteiger partial charge in [-0.3, -0.25) is 0 Å². The average Bonchev–Trinajstić information content (AvgIpc) is 2.35. The number of benzene rings is 1. The van der Waals surface area contributed by atoms with Crippen LogP contribution in [-0.4, -0.2) is 13.1 Å². The molecule has 1 aromatic rings. The van der Waals surface area contributed by atoms with Crippen molar-refractivity contribution in [3.8, 4) is 6.07 Å². The zero-order valence-corrected chi connectivity index (χ0v) is 10.5. The summed E-state index contributed by atoms with van der Waals surface area (Å²) < 4.78 is 27.2. The van der Waals surface area contributed by atoms with Gasteiger partial charge in [-0.25, -0.2) is 8.78 Å². The molecule has 0 aromatic heterocycles. The molecule has 1 aliphatic rings. The van der Waals surface area contributed by atoms with Gasteiger partial charge >= 0.3 is 0 Å². The fourth-order valence-corrected chi connectivity index (χ4v) is 1.88. The molecule has 5 heteroatoms. The Kier molecular flexibility index (Phi) is 5.26. The van der Waals surface area contributed by atoms with Crippen LogP contribution < -0.4 is 5.32 Å². The Labute approximate surface area is 111 Å². The van der Waals surface area contributed by atoms with E-state index in [9.17, 15) is 8.78 Å². The average molecular weight is 271 g/mol. The van der Waals surface area contributed by atoms with Crippen molar-refractivity contribution in [3.63, 3.8) is 0 Å². The summed E-state index contributed by atoms with van der Waals surface area (Å²) in [5.41, 5.74) is 1.000. The second-order valence-corrected chi connectivity index (χ2v) is 4.02. The van der Waals surface area contributed by atoms with E-state index in [0.717, 1.165) is 43.6 Å². The number of hydrogen-bond acceptors (Lipinski definition) is 2. The first-order chi connectivity index (χ1) is 8.20. The van der Waals surface area contributed by atoms with Crippen LogP contribution in [0.4, 0.5) is 8.78 Å². The first-order valence-electron chi connectivity index (χ1n) is 5.50. The van der Waals surface area contributed by atoms with Crippen LogP contribution in [0.15, 0.2) is 17.7 Å². The molecule has 0 spiro atoms. The maximum absolute atomic E-state index is 13.6. The number of rotatable bonds is 1. The summed E-state index contributed by atoms with van der Waals surface area (Å²) in [7, 11) is 0. The minimum Gasteiger partial charge on any atom is -0.316 e. The lowest BCUT2D eigenvalue weighted by atomic mass is 10.0. The van der Waals surface area contributed by atoms with Gasteiger partial charge in [-0.1, -0.05) is 5.57 Å². The van der Waals surface area contributed by atoms with Gasteiger partial charge in [0.15, 0.2) is 0 Å². The van der Waals surface area contributed by atoms with Crippen molar-refractivity contribution in [3.05, 3.63) is 40.5 Å². The molecule has 1 fully saturated rings. The van der Waals surface area contributed by atoms with E-state index in [0.29, 0.717) is 0 Å². The van der Waals surface area contributed by atoms with Crippen molar-refractivity contribution >= 4 is 18.5 Å². The van der Waals surface area contributed by atoms with Crippen molar-refractivity contribution in [2.24, 2.45) is 0 Å². The van der Waals surface area contributed by atoms with Crippen molar-refractivity contribution in [2.75, 3.05) is 13.1 Å². The zero-order chi connectivity index (χ0) is 12.3. The molecule has 1 heterocycles. The van der Waals surface area contributed by atoms with Gasteiger partial charge in [0.2, 0.25) is 0 Å². The molecule has 0 radical (unpaired) electrons. The summed E-state index contributed by atoms with van der Waals surface area (Å²) in [6.45, 7) is 1.68. The topological polar surface area (TPSA) is 35.8 Å². The highest BCUT2D eigenvalue weighted by Crippen LogP contribution is 2.21. The van der Waals surface area contributed by atoms with E-state index in [-0.39, 0.29) is 23.5 Å². The quantitative estimate of drug-likeness (QED) is 0.851. The molecule has 0 bridgehead atoms. The highest BCUT2D eigenvalue weighted by Gasteiger charge is 2.11. The Morgan fingerprint density at radius 2 is 1.72 bits per heavy atom. The van der Waals surface area contributed by atoms with Crippen molar-refractivity contribution in [1.29, 1.82) is 5.26 Å². The van der Waals surface area contributed by atoms with Crippen LogP contribution in [0.3, 0.4) is 0 Å². The van der Waals surface area contributed by atoms with Gasteiger partial charge in [0.1, 0.15) is 11.6 Å². The number of nitrogens with one attached hydrogen (secondary N) is 1. The molecule has 1 aromatic carbocycles. The van der Waals surface area contributed by atoms with Crippen LogP contribution in [0.2, 0.25) is 0 Å². The minimum atomic E-state index is -0.674. The van der Waals surface area contributed by atoms with Gasteiger partial charge in [0, 0.05) is 5.56 Å². The van der Waals surface area contributed by atoms with Crippen LogP contribution in [0.1, 0.15) is 24.0 Å². The van der Waals surface area contributed by atoms with E-state index in [1.54, 1.807) is 12.1 Å². The van der Waals surface area contributed by atoms with Crippen LogP contribution in [0.5, 0.6) is 0 Å². The predicted molar refractivity (Wildman–Crippen MR) is 68.4 cm³/mol. The zero-order valence-electron chi connectivity index (χ0n) is 9.67. The number of nitriles is 1. The lowest BCUT2D eigenvalue weighted by Crippen LogP contribution is -2.23. The van der Waals surface area contributed by atoms with E-state index in [1.165, 1.54) is 0 Å². The van der Waals surface area contributed by atoms with Crippen molar-refractivity contribution < 1.29 is 8.78 Å². The molecule has 0 unspecified atom stereocenters. The third-order valence-corrected chi connectivity index (χ3v) is 2.80. The maximum Gasteiger partial charge on any atom is 0.134 e. The molecule has 2 nitrogen and oxygen atoms in total. The summed E-state index contributed by atoms with van der Waals surface area (Å²) in [5.74, 6) is -1.35. The van der Waals surface area contributed by atoms with E-state index >= 15 is 0 Å². The van der Waals surface area contributed by atoms with Gasteiger partial charge in [-0.05, 0) is 44.1 Å². The Morgan fingerprint density at radius 3 is 2.22 bits per heavy atom. The predicted octanol–water partition coefficient (Wildman–Crippen LogP) is 3.03. The molecule has 0 saturated carbocycles. The molecule has 1 N–H and O–H groups in total. The monoisotopic (exact) mass is 270 g/mol. The SMILES string of the molecule is Cl.N#Cc1cc(F)c(C=C2CCNCC2)c(F)c1. The van der Waals surface area contributed by atoms with Gasteiger partial charge in [-0.15, -0.1) is 12.4 Å². The molecular weight excluding hydrogens is 258 g/mol. The fourth-order valence-electron chi connectivity index (χ4n) is 1.88. The van der Waals surface area contributed by atoms with E-state index in [4.69, 9.17) is 5.26 Å². The number of hydrogen-bond donors (Lipinski definition) is 1. The summed E-state index contributed by atoms with van der Waals surface area (Å²) >= 11 is 0. The first kappa shape index (κ1) is 14.6. The first-order valence-corrected chi connectivity index (χ1v) is 5.50. The highest BCUT2D eigenvalue weighted by atomic mass is 35.5. The normalized spacial score (nSPS) is 14.6. The van der Waals surface area contributed by atoms with Crippen molar-refractivity contribution in [2.45, 2.75) is 12.8 Å².